The second kappa shape index (κ2) is 8.47. The maximum atomic E-state index is 12.2. The first kappa shape index (κ1) is 18.1. The Bertz CT molecular complexity index is 477. The maximum absolute atomic E-state index is 12.2. The van der Waals surface area contributed by atoms with Crippen LogP contribution in [0.25, 0.3) is 0 Å². The first-order valence-corrected chi connectivity index (χ1v) is 6.78. The van der Waals surface area contributed by atoms with Crippen LogP contribution in [-0.4, -0.2) is 36.6 Å². The van der Waals surface area contributed by atoms with E-state index in [0.29, 0.717) is 12.0 Å². The van der Waals surface area contributed by atoms with Gasteiger partial charge in [-0.25, -0.2) is 4.79 Å². The lowest BCUT2D eigenvalue weighted by atomic mass is 10.2. The zero-order valence-corrected chi connectivity index (χ0v) is 12.1. The minimum Gasteiger partial charge on any atom is -0.484 e. The molecule has 22 heavy (non-hydrogen) atoms. The van der Waals surface area contributed by atoms with Crippen LogP contribution >= 0.6 is 0 Å². The Morgan fingerprint density at radius 3 is 2.64 bits per heavy atom. The Balaban J connectivity index is 2.57. The molecule has 1 aromatic carbocycles. The van der Waals surface area contributed by atoms with E-state index < -0.39 is 18.8 Å². The zero-order chi connectivity index (χ0) is 16.6. The van der Waals surface area contributed by atoms with E-state index in [1.807, 2.05) is 0 Å². The molecule has 0 heterocycles. The fraction of sp³-hybridized carbons (Fsp3) is 0.500. The van der Waals surface area contributed by atoms with Gasteiger partial charge >= 0.3 is 12.2 Å². The molecule has 1 rings (SSSR count). The molecule has 1 atom stereocenters. The SMILES string of the molecule is CCC(CO)NC(=O)NCc1ccccc1OCC(F)(F)F. The zero-order valence-electron chi connectivity index (χ0n) is 12.1. The van der Waals surface area contributed by atoms with Gasteiger partial charge in [0.25, 0.3) is 0 Å². The minimum atomic E-state index is -4.42. The summed E-state index contributed by atoms with van der Waals surface area (Å²) < 4.78 is 41.3. The van der Waals surface area contributed by atoms with Gasteiger partial charge in [-0.2, -0.15) is 13.2 Å². The number of carbonyl (C=O) groups is 1. The molecule has 0 fully saturated rings. The van der Waals surface area contributed by atoms with E-state index in [1.54, 1.807) is 25.1 Å². The molecule has 124 valence electrons. The summed E-state index contributed by atoms with van der Waals surface area (Å²) in [5, 5.41) is 14.0. The van der Waals surface area contributed by atoms with Crippen LogP contribution in [0.15, 0.2) is 24.3 Å². The third-order valence-corrected chi connectivity index (χ3v) is 2.85. The van der Waals surface area contributed by atoms with Crippen LogP contribution in [0, 0.1) is 0 Å². The molecule has 0 spiro atoms. The summed E-state index contributed by atoms with van der Waals surface area (Å²) in [6.07, 6.45) is -3.86. The number of hydrogen-bond acceptors (Lipinski definition) is 3. The summed E-state index contributed by atoms with van der Waals surface area (Å²) in [7, 11) is 0. The molecule has 0 radical (unpaired) electrons. The van der Waals surface area contributed by atoms with Gasteiger partial charge in [-0.3, -0.25) is 0 Å². The summed E-state index contributed by atoms with van der Waals surface area (Å²) in [4.78, 5) is 11.6. The van der Waals surface area contributed by atoms with Crippen LogP contribution in [-0.2, 0) is 6.54 Å². The van der Waals surface area contributed by atoms with E-state index in [0.717, 1.165) is 0 Å². The number of aliphatic hydroxyl groups excluding tert-OH is 1. The van der Waals surface area contributed by atoms with Gasteiger partial charge < -0.3 is 20.5 Å². The molecule has 3 N–H and O–H groups in total. The molecule has 0 aliphatic heterocycles. The van der Waals surface area contributed by atoms with Gasteiger partial charge in [0.1, 0.15) is 5.75 Å². The lowest BCUT2D eigenvalue weighted by Gasteiger charge is -2.16. The lowest BCUT2D eigenvalue weighted by Crippen LogP contribution is -2.43. The number of alkyl halides is 3. The van der Waals surface area contributed by atoms with Gasteiger partial charge in [0, 0.05) is 12.1 Å². The second-order valence-corrected chi connectivity index (χ2v) is 4.63. The van der Waals surface area contributed by atoms with Crippen LogP contribution in [0.5, 0.6) is 5.75 Å². The Hall–Kier alpha value is -1.96. The van der Waals surface area contributed by atoms with E-state index in [9.17, 15) is 18.0 Å². The fourth-order valence-corrected chi connectivity index (χ4v) is 1.64. The van der Waals surface area contributed by atoms with Gasteiger partial charge in [-0.05, 0) is 12.5 Å². The molecule has 0 saturated carbocycles. The topological polar surface area (TPSA) is 70.6 Å². The first-order valence-electron chi connectivity index (χ1n) is 6.78. The Kier molecular flexibility index (Phi) is 6.97. The number of rotatable bonds is 7. The van der Waals surface area contributed by atoms with Crippen LogP contribution in [0.3, 0.4) is 0 Å². The van der Waals surface area contributed by atoms with Crippen LogP contribution in [0.1, 0.15) is 18.9 Å². The first-order chi connectivity index (χ1) is 10.4. The maximum Gasteiger partial charge on any atom is 0.422 e. The molecule has 2 amide bonds. The minimum absolute atomic E-state index is 0.0156. The van der Waals surface area contributed by atoms with Crippen LogP contribution in [0.4, 0.5) is 18.0 Å². The molecule has 1 unspecified atom stereocenters. The third kappa shape index (κ3) is 6.66. The van der Waals surface area contributed by atoms with Crippen molar-refractivity contribution in [3.8, 4) is 5.75 Å². The van der Waals surface area contributed by atoms with Crippen molar-refractivity contribution in [2.24, 2.45) is 0 Å². The molecule has 5 nitrogen and oxygen atoms in total. The van der Waals surface area contributed by atoms with E-state index in [4.69, 9.17) is 9.84 Å². The number of amides is 2. The Morgan fingerprint density at radius 2 is 2.05 bits per heavy atom. The predicted molar refractivity (Wildman–Crippen MR) is 74.5 cm³/mol. The summed E-state index contributed by atoms with van der Waals surface area (Å²) >= 11 is 0. The molecule has 0 aliphatic carbocycles. The van der Waals surface area contributed by atoms with Crippen molar-refractivity contribution in [1.29, 1.82) is 0 Å². The van der Waals surface area contributed by atoms with Crippen LogP contribution in [0.2, 0.25) is 0 Å². The number of para-hydroxylation sites is 1. The quantitative estimate of drug-likeness (QED) is 0.721. The van der Waals surface area contributed by atoms with Gasteiger partial charge in [0.05, 0.1) is 12.6 Å². The van der Waals surface area contributed by atoms with Crippen molar-refractivity contribution in [1.82, 2.24) is 10.6 Å². The average Bonchev–Trinajstić information content (AvgIpc) is 2.48. The van der Waals surface area contributed by atoms with Crippen molar-refractivity contribution in [2.75, 3.05) is 13.2 Å². The van der Waals surface area contributed by atoms with Crippen molar-refractivity contribution in [3.05, 3.63) is 29.8 Å². The third-order valence-electron chi connectivity index (χ3n) is 2.85. The fourth-order valence-electron chi connectivity index (χ4n) is 1.64. The number of ether oxygens (including phenoxy) is 1. The standard InChI is InChI=1S/C14H19F3N2O3/c1-2-11(8-20)19-13(21)18-7-10-5-3-4-6-12(10)22-9-14(15,16)17/h3-6,11,20H,2,7-9H2,1H3,(H2,18,19,21). The Morgan fingerprint density at radius 1 is 1.36 bits per heavy atom. The number of aliphatic hydroxyl groups is 1. The van der Waals surface area contributed by atoms with Crippen molar-refractivity contribution in [3.63, 3.8) is 0 Å². The monoisotopic (exact) mass is 320 g/mol. The van der Waals surface area contributed by atoms with Gasteiger partial charge in [0.2, 0.25) is 0 Å². The van der Waals surface area contributed by atoms with Gasteiger partial charge in [-0.15, -0.1) is 0 Å². The van der Waals surface area contributed by atoms with Crippen molar-refractivity contribution < 1.29 is 27.8 Å². The number of nitrogens with one attached hydrogen (secondary N) is 2. The molecular weight excluding hydrogens is 301 g/mol. The van der Waals surface area contributed by atoms with E-state index >= 15 is 0 Å². The lowest BCUT2D eigenvalue weighted by molar-refractivity contribution is -0.153. The largest absolute Gasteiger partial charge is 0.484 e. The highest BCUT2D eigenvalue weighted by molar-refractivity contribution is 5.74. The van der Waals surface area contributed by atoms with E-state index in [1.165, 1.54) is 6.07 Å². The number of carbonyl (C=O) groups excluding carboxylic acids is 1. The second-order valence-electron chi connectivity index (χ2n) is 4.63. The normalized spacial score (nSPS) is 12.6. The molecule has 0 aliphatic rings. The highest BCUT2D eigenvalue weighted by Gasteiger charge is 2.28. The summed E-state index contributed by atoms with van der Waals surface area (Å²) in [5.74, 6) is 0.0642. The average molecular weight is 320 g/mol. The highest BCUT2D eigenvalue weighted by atomic mass is 19.4. The number of hydrogen-bond donors (Lipinski definition) is 3. The molecule has 1 aromatic rings. The number of benzene rings is 1. The molecule has 0 bridgehead atoms. The van der Waals surface area contributed by atoms with E-state index in [-0.39, 0.29) is 24.9 Å². The van der Waals surface area contributed by atoms with E-state index in [2.05, 4.69) is 10.6 Å². The molecular formula is C14H19F3N2O3. The predicted octanol–water partition coefficient (Wildman–Crippen LogP) is 2.20. The highest BCUT2D eigenvalue weighted by Crippen LogP contribution is 2.21. The van der Waals surface area contributed by atoms with Gasteiger partial charge in [0.15, 0.2) is 6.61 Å². The molecule has 0 aromatic heterocycles. The summed E-state index contributed by atoms with van der Waals surface area (Å²) in [5.41, 5.74) is 0.430. The van der Waals surface area contributed by atoms with Crippen molar-refractivity contribution in [2.45, 2.75) is 32.1 Å². The molecule has 0 saturated heterocycles. The molecule has 8 heteroatoms. The summed E-state index contributed by atoms with van der Waals surface area (Å²) in [6, 6.07) is 5.29. The number of urea groups is 1. The smallest absolute Gasteiger partial charge is 0.422 e. The number of halogens is 3. The Labute approximate surface area is 126 Å². The van der Waals surface area contributed by atoms with Gasteiger partial charge in [-0.1, -0.05) is 25.1 Å². The summed E-state index contributed by atoms with van der Waals surface area (Å²) in [6.45, 7) is 0.247. The van der Waals surface area contributed by atoms with Crippen LogP contribution < -0.4 is 15.4 Å². The van der Waals surface area contributed by atoms with Crippen molar-refractivity contribution >= 4 is 6.03 Å².